The summed E-state index contributed by atoms with van der Waals surface area (Å²) < 4.78 is 5.47. The van der Waals surface area contributed by atoms with Crippen molar-refractivity contribution in [2.75, 3.05) is 13.1 Å². The summed E-state index contributed by atoms with van der Waals surface area (Å²) in [6.45, 7) is 9.26. The molecule has 6 heteroatoms. The minimum Gasteiger partial charge on any atom is -0.444 e. The van der Waals surface area contributed by atoms with Crippen LogP contribution in [0.5, 0.6) is 0 Å². The quantitative estimate of drug-likeness (QED) is 0.913. The Morgan fingerprint density at radius 3 is 2.74 bits per heavy atom. The molecular formula is C17H27N3O2S. The molecule has 1 aliphatic heterocycles. The monoisotopic (exact) mass is 337 g/mol. The van der Waals surface area contributed by atoms with E-state index in [9.17, 15) is 4.79 Å². The maximum atomic E-state index is 12.2. The fourth-order valence-corrected chi connectivity index (χ4v) is 3.94. The van der Waals surface area contributed by atoms with Gasteiger partial charge in [-0.25, -0.2) is 9.78 Å². The first kappa shape index (κ1) is 16.7. The largest absolute Gasteiger partial charge is 0.444 e. The number of rotatable bonds is 4. The summed E-state index contributed by atoms with van der Waals surface area (Å²) in [6, 6.07) is 0.676. The third-order valence-electron chi connectivity index (χ3n) is 4.25. The number of hydrogen-bond donors (Lipinski definition) is 1. The first-order valence-corrected chi connectivity index (χ1v) is 9.36. The Hall–Kier alpha value is -1.14. The molecule has 0 spiro atoms. The molecule has 1 aromatic rings. The van der Waals surface area contributed by atoms with Crippen LogP contribution in [-0.4, -0.2) is 40.7 Å². The van der Waals surface area contributed by atoms with Crippen molar-refractivity contribution < 1.29 is 9.53 Å². The van der Waals surface area contributed by atoms with Gasteiger partial charge in [0.1, 0.15) is 10.6 Å². The predicted molar refractivity (Wildman–Crippen MR) is 91.7 cm³/mol. The molecular weight excluding hydrogens is 310 g/mol. The lowest BCUT2D eigenvalue weighted by Gasteiger charge is -2.25. The Bertz CT molecular complexity index is 562. The van der Waals surface area contributed by atoms with Crippen LogP contribution in [-0.2, 0) is 4.74 Å². The zero-order chi connectivity index (χ0) is 16.6. The Morgan fingerprint density at radius 2 is 2.17 bits per heavy atom. The maximum absolute atomic E-state index is 12.2. The van der Waals surface area contributed by atoms with Crippen molar-refractivity contribution in [3.63, 3.8) is 0 Å². The molecule has 0 aromatic carbocycles. The van der Waals surface area contributed by atoms with Crippen molar-refractivity contribution >= 4 is 17.4 Å². The molecule has 0 unspecified atom stereocenters. The smallest absolute Gasteiger partial charge is 0.410 e. The molecule has 23 heavy (non-hydrogen) atoms. The van der Waals surface area contributed by atoms with Crippen LogP contribution < -0.4 is 5.32 Å². The number of nitrogens with zero attached hydrogens (tertiary/aromatic N) is 2. The summed E-state index contributed by atoms with van der Waals surface area (Å²) >= 11 is 1.75. The average Bonchev–Trinajstić information content (AvgIpc) is 3.01. The minimum atomic E-state index is -0.433. The fourth-order valence-electron chi connectivity index (χ4n) is 3.00. The van der Waals surface area contributed by atoms with Crippen LogP contribution >= 0.6 is 11.3 Å². The van der Waals surface area contributed by atoms with Gasteiger partial charge >= 0.3 is 6.09 Å². The van der Waals surface area contributed by atoms with E-state index < -0.39 is 5.60 Å². The van der Waals surface area contributed by atoms with E-state index >= 15 is 0 Å². The summed E-state index contributed by atoms with van der Waals surface area (Å²) in [6.07, 6.45) is 3.33. The molecule has 1 saturated heterocycles. The zero-order valence-electron chi connectivity index (χ0n) is 14.5. The van der Waals surface area contributed by atoms with E-state index in [0.717, 1.165) is 25.2 Å². The molecule has 0 radical (unpaired) electrons. The standard InChI is InChI=1S/C17H27N3O2S/c1-11-10-23-15(18-11)14(12-5-6-12)19-13-7-8-20(9-13)16(21)22-17(2,3)4/h10,12-14,19H,5-9H2,1-4H3/t13-,14+/m1/s1. The Balaban J connectivity index is 1.57. The normalized spacial score (nSPS) is 23.1. The van der Waals surface area contributed by atoms with E-state index in [1.165, 1.54) is 17.8 Å². The van der Waals surface area contributed by atoms with E-state index in [1.54, 1.807) is 11.3 Å². The lowest BCUT2D eigenvalue weighted by molar-refractivity contribution is 0.0290. The number of carbonyl (C=O) groups is 1. The lowest BCUT2D eigenvalue weighted by atomic mass is 10.1. The Morgan fingerprint density at radius 1 is 1.43 bits per heavy atom. The summed E-state index contributed by atoms with van der Waals surface area (Å²) in [5.74, 6) is 0.705. The van der Waals surface area contributed by atoms with Crippen LogP contribution in [0.15, 0.2) is 5.38 Å². The molecule has 1 aliphatic carbocycles. The van der Waals surface area contributed by atoms with Crippen molar-refractivity contribution in [3.05, 3.63) is 16.1 Å². The van der Waals surface area contributed by atoms with Gasteiger partial charge in [0.2, 0.25) is 0 Å². The third kappa shape index (κ3) is 4.44. The van der Waals surface area contributed by atoms with Gasteiger partial charge in [-0.05, 0) is 52.9 Å². The Labute approximate surface area is 142 Å². The first-order valence-electron chi connectivity index (χ1n) is 8.48. The van der Waals surface area contributed by atoms with E-state index in [1.807, 2.05) is 32.6 Å². The van der Waals surface area contributed by atoms with Crippen molar-refractivity contribution in [2.24, 2.45) is 5.92 Å². The van der Waals surface area contributed by atoms with Gasteiger partial charge < -0.3 is 15.0 Å². The van der Waals surface area contributed by atoms with Gasteiger partial charge in [-0.3, -0.25) is 0 Å². The third-order valence-corrected chi connectivity index (χ3v) is 5.30. The number of nitrogens with one attached hydrogen (secondary N) is 1. The summed E-state index contributed by atoms with van der Waals surface area (Å²) in [7, 11) is 0. The number of likely N-dealkylation sites (tertiary alicyclic amines) is 1. The van der Waals surface area contributed by atoms with Crippen molar-refractivity contribution in [2.45, 2.75) is 64.6 Å². The highest BCUT2D eigenvalue weighted by Gasteiger charge is 2.37. The first-order chi connectivity index (χ1) is 10.8. The summed E-state index contributed by atoms with van der Waals surface area (Å²) in [5, 5.41) is 7.07. The average molecular weight is 337 g/mol. The Kier molecular flexibility index (Phi) is 4.65. The SMILES string of the molecule is Cc1csc([C@@H](N[C@@H]2CCN(C(=O)OC(C)(C)C)C2)C2CC2)n1. The number of aromatic nitrogens is 1. The van der Waals surface area contributed by atoms with Gasteiger partial charge in [0.25, 0.3) is 0 Å². The molecule has 2 atom stereocenters. The molecule has 1 N–H and O–H groups in total. The van der Waals surface area contributed by atoms with Crippen LogP contribution in [0.1, 0.15) is 56.8 Å². The van der Waals surface area contributed by atoms with Crippen molar-refractivity contribution in [3.8, 4) is 0 Å². The highest BCUT2D eigenvalue weighted by molar-refractivity contribution is 7.09. The number of carbonyl (C=O) groups excluding carboxylic acids is 1. The molecule has 128 valence electrons. The lowest BCUT2D eigenvalue weighted by Crippen LogP contribution is -2.39. The topological polar surface area (TPSA) is 54.5 Å². The molecule has 1 amide bonds. The van der Waals surface area contributed by atoms with Crippen LogP contribution in [0.3, 0.4) is 0 Å². The maximum Gasteiger partial charge on any atom is 0.410 e. The second-order valence-electron chi connectivity index (χ2n) is 7.72. The fraction of sp³-hybridized carbons (Fsp3) is 0.765. The van der Waals surface area contributed by atoms with Gasteiger partial charge in [-0.15, -0.1) is 11.3 Å². The molecule has 1 saturated carbocycles. The van der Waals surface area contributed by atoms with E-state index in [4.69, 9.17) is 4.74 Å². The van der Waals surface area contributed by atoms with Gasteiger partial charge in [0.15, 0.2) is 0 Å². The second-order valence-corrected chi connectivity index (χ2v) is 8.61. The molecule has 5 nitrogen and oxygen atoms in total. The zero-order valence-corrected chi connectivity index (χ0v) is 15.3. The molecule has 1 aromatic heterocycles. The van der Waals surface area contributed by atoms with Gasteiger partial charge in [-0.2, -0.15) is 0 Å². The number of hydrogen-bond acceptors (Lipinski definition) is 5. The van der Waals surface area contributed by atoms with Crippen LogP contribution in [0.4, 0.5) is 4.79 Å². The second kappa shape index (κ2) is 6.40. The van der Waals surface area contributed by atoms with Gasteiger partial charge in [-0.1, -0.05) is 0 Å². The predicted octanol–water partition coefficient (Wildman–Crippen LogP) is 3.50. The van der Waals surface area contributed by atoms with Crippen molar-refractivity contribution in [1.29, 1.82) is 0 Å². The summed E-state index contributed by atoms with van der Waals surface area (Å²) in [4.78, 5) is 18.7. The number of amides is 1. The molecule has 0 bridgehead atoms. The molecule has 3 rings (SSSR count). The number of thiazole rings is 1. The highest BCUT2D eigenvalue weighted by Crippen LogP contribution is 2.42. The van der Waals surface area contributed by atoms with Crippen molar-refractivity contribution in [1.82, 2.24) is 15.2 Å². The van der Waals surface area contributed by atoms with Crippen LogP contribution in [0.2, 0.25) is 0 Å². The van der Waals surface area contributed by atoms with E-state index in [2.05, 4.69) is 15.7 Å². The minimum absolute atomic E-state index is 0.199. The molecule has 2 heterocycles. The number of ether oxygens (including phenoxy) is 1. The van der Waals surface area contributed by atoms with Gasteiger partial charge in [0, 0.05) is 30.2 Å². The van der Waals surface area contributed by atoms with E-state index in [-0.39, 0.29) is 6.09 Å². The van der Waals surface area contributed by atoms with Crippen LogP contribution in [0, 0.1) is 12.8 Å². The summed E-state index contributed by atoms with van der Waals surface area (Å²) in [5.41, 5.74) is 0.664. The highest BCUT2D eigenvalue weighted by atomic mass is 32.1. The molecule has 2 fully saturated rings. The van der Waals surface area contributed by atoms with Gasteiger partial charge in [0.05, 0.1) is 6.04 Å². The van der Waals surface area contributed by atoms with Crippen LogP contribution in [0.25, 0.3) is 0 Å². The van der Waals surface area contributed by atoms with E-state index in [0.29, 0.717) is 18.0 Å². The number of aryl methyl sites for hydroxylation is 1. The molecule has 2 aliphatic rings.